The van der Waals surface area contributed by atoms with Gasteiger partial charge in [0, 0.05) is 5.56 Å². The third-order valence-electron chi connectivity index (χ3n) is 2.67. The summed E-state index contributed by atoms with van der Waals surface area (Å²) in [4.78, 5) is 14.3. The van der Waals surface area contributed by atoms with E-state index in [-0.39, 0.29) is 23.1 Å². The van der Waals surface area contributed by atoms with E-state index in [0.29, 0.717) is 5.56 Å². The molecule has 0 radical (unpaired) electrons. The van der Waals surface area contributed by atoms with Crippen LogP contribution < -0.4 is 5.73 Å². The van der Waals surface area contributed by atoms with Crippen molar-refractivity contribution in [1.29, 1.82) is 0 Å². The smallest absolute Gasteiger partial charge is 0.202 e. The Balaban J connectivity index is 3.16. The summed E-state index contributed by atoms with van der Waals surface area (Å²) in [5, 5.41) is 18.9. The maximum absolute atomic E-state index is 12.0. The molecule has 0 saturated heterocycles. The lowest BCUT2D eigenvalue weighted by atomic mass is 9.82. The van der Waals surface area contributed by atoms with Crippen LogP contribution in [0.3, 0.4) is 0 Å². The number of ketones is 1. The molecule has 0 aliphatic heterocycles. The van der Waals surface area contributed by atoms with Crippen LogP contribution in [-0.4, -0.2) is 27.0 Å². The van der Waals surface area contributed by atoms with Crippen molar-refractivity contribution in [2.75, 3.05) is 0 Å². The van der Waals surface area contributed by atoms with E-state index in [1.54, 1.807) is 6.92 Å². The number of rotatable bonds is 2. The molecule has 0 aliphatic rings. The lowest BCUT2D eigenvalue weighted by Crippen LogP contribution is -2.42. The lowest BCUT2D eigenvalue weighted by Gasteiger charge is -2.25. The van der Waals surface area contributed by atoms with Crippen LogP contribution in [0, 0.1) is 12.3 Å². The number of nitrogens with one attached hydrogen (secondary N) is 1. The van der Waals surface area contributed by atoms with Crippen molar-refractivity contribution in [3.63, 3.8) is 0 Å². The molecule has 0 amide bonds. The number of carbonyl (C=O) groups is 1. The molecule has 0 aromatic carbocycles. The summed E-state index contributed by atoms with van der Waals surface area (Å²) in [5.74, 6) is -0.916. The highest BCUT2D eigenvalue weighted by molar-refractivity contribution is 6.04. The van der Waals surface area contributed by atoms with Crippen molar-refractivity contribution < 1.29 is 15.0 Å². The zero-order valence-electron chi connectivity index (χ0n) is 9.96. The molecule has 5 N–H and O–H groups in total. The molecule has 0 spiro atoms. The molecule has 0 saturated carbocycles. The third kappa shape index (κ3) is 2.04. The second kappa shape index (κ2) is 3.83. The monoisotopic (exact) mass is 226 g/mol. The molecule has 0 bridgehead atoms. The molecule has 90 valence electrons. The fourth-order valence-electron chi connectivity index (χ4n) is 1.41. The van der Waals surface area contributed by atoms with Gasteiger partial charge in [-0.3, -0.25) is 9.78 Å². The van der Waals surface area contributed by atoms with Gasteiger partial charge in [0.1, 0.15) is 0 Å². The van der Waals surface area contributed by atoms with Gasteiger partial charge in [0.15, 0.2) is 11.7 Å². The van der Waals surface area contributed by atoms with Crippen LogP contribution in [-0.2, 0) is 0 Å². The number of aromatic amines is 1. The molecule has 16 heavy (non-hydrogen) atoms. The average Bonchev–Trinajstić information content (AvgIpc) is 2.38. The molecular formula is C11H18N2O3. The minimum absolute atomic E-state index is 0.0694. The summed E-state index contributed by atoms with van der Waals surface area (Å²) in [5.41, 5.74) is 5.81. The summed E-state index contributed by atoms with van der Waals surface area (Å²) in [6, 6.07) is -0.729. The standard InChI is InChI=1S/C11H18N2O3/c1-5-6(10(16)13-9(5)15)7(14)8(12)11(2,3)4/h8,13,15-16H,12H2,1-4H3/t8-/m1/s1. The molecule has 0 aliphatic carbocycles. The summed E-state index contributed by atoms with van der Waals surface area (Å²) in [6.07, 6.45) is 0. The van der Waals surface area contributed by atoms with E-state index in [2.05, 4.69) is 4.98 Å². The first-order valence-corrected chi connectivity index (χ1v) is 5.06. The number of carbonyl (C=O) groups excluding carboxylic acids is 1. The van der Waals surface area contributed by atoms with Crippen LogP contribution in [0.25, 0.3) is 0 Å². The minimum atomic E-state index is -0.729. The number of Topliss-reactive ketones (excluding diaryl/α,β-unsaturated/α-hetero) is 1. The molecule has 1 atom stereocenters. The van der Waals surface area contributed by atoms with Gasteiger partial charge in [-0.25, -0.2) is 0 Å². The molecular weight excluding hydrogens is 208 g/mol. The van der Waals surface area contributed by atoms with E-state index in [0.717, 1.165) is 0 Å². The minimum Gasteiger partial charge on any atom is -0.494 e. The molecule has 5 nitrogen and oxygen atoms in total. The number of hydrogen-bond acceptors (Lipinski definition) is 4. The molecule has 5 heteroatoms. The molecule has 1 aromatic heterocycles. The van der Waals surface area contributed by atoms with Crippen LogP contribution in [0.2, 0.25) is 0 Å². The van der Waals surface area contributed by atoms with Gasteiger partial charge in [0.05, 0.1) is 11.6 Å². The topological polar surface area (TPSA) is 99.3 Å². The summed E-state index contributed by atoms with van der Waals surface area (Å²) in [7, 11) is 0. The average molecular weight is 226 g/mol. The summed E-state index contributed by atoms with van der Waals surface area (Å²) in [6.45, 7) is 7.07. The first kappa shape index (κ1) is 12.6. The third-order valence-corrected chi connectivity index (χ3v) is 2.67. The van der Waals surface area contributed by atoms with Crippen molar-refractivity contribution >= 4 is 5.78 Å². The zero-order chi connectivity index (χ0) is 12.7. The van der Waals surface area contributed by atoms with E-state index in [4.69, 9.17) is 5.73 Å². The highest BCUT2D eigenvalue weighted by Crippen LogP contribution is 2.31. The summed E-state index contributed by atoms with van der Waals surface area (Å²) < 4.78 is 0. The Morgan fingerprint density at radius 2 is 1.81 bits per heavy atom. The van der Waals surface area contributed by atoms with Crippen LogP contribution in [0.1, 0.15) is 36.7 Å². The predicted octanol–water partition coefficient (Wildman–Crippen LogP) is 1.29. The van der Waals surface area contributed by atoms with Crippen LogP contribution in [0.5, 0.6) is 11.8 Å². The number of aromatic nitrogens is 1. The maximum Gasteiger partial charge on any atom is 0.202 e. The Labute approximate surface area is 94.3 Å². The van der Waals surface area contributed by atoms with Crippen molar-refractivity contribution in [2.45, 2.75) is 33.7 Å². The van der Waals surface area contributed by atoms with Gasteiger partial charge in [-0.15, -0.1) is 0 Å². The number of hydrogen-bond donors (Lipinski definition) is 4. The molecule has 0 fully saturated rings. The maximum atomic E-state index is 12.0. The van der Waals surface area contributed by atoms with Gasteiger partial charge >= 0.3 is 0 Å². The fraction of sp³-hybridized carbons (Fsp3) is 0.545. The Morgan fingerprint density at radius 1 is 1.31 bits per heavy atom. The summed E-state index contributed by atoms with van der Waals surface area (Å²) >= 11 is 0. The van der Waals surface area contributed by atoms with E-state index in [1.165, 1.54) is 0 Å². The van der Waals surface area contributed by atoms with Crippen molar-refractivity contribution in [3.8, 4) is 11.8 Å². The normalized spacial score (nSPS) is 13.8. The largest absolute Gasteiger partial charge is 0.494 e. The van der Waals surface area contributed by atoms with E-state index >= 15 is 0 Å². The second-order valence-electron chi connectivity index (χ2n) is 5.03. The number of nitrogens with two attached hydrogens (primary N) is 1. The van der Waals surface area contributed by atoms with E-state index in [1.807, 2.05) is 20.8 Å². The highest BCUT2D eigenvalue weighted by atomic mass is 16.3. The van der Waals surface area contributed by atoms with Gasteiger partial charge in [0.25, 0.3) is 0 Å². The Hall–Kier alpha value is -1.49. The quantitative estimate of drug-likeness (QED) is 0.571. The second-order valence-corrected chi connectivity index (χ2v) is 5.03. The van der Waals surface area contributed by atoms with E-state index in [9.17, 15) is 15.0 Å². The van der Waals surface area contributed by atoms with Gasteiger partial charge < -0.3 is 15.9 Å². The van der Waals surface area contributed by atoms with Crippen molar-refractivity contribution in [1.82, 2.24) is 4.98 Å². The predicted molar refractivity (Wildman–Crippen MR) is 60.6 cm³/mol. The SMILES string of the molecule is Cc1c(O)[nH]c(O)c1C(=O)[C@@H](N)C(C)(C)C. The van der Waals surface area contributed by atoms with Gasteiger partial charge in [-0.05, 0) is 12.3 Å². The molecule has 1 rings (SSSR count). The van der Waals surface area contributed by atoms with Gasteiger partial charge in [-0.1, -0.05) is 20.8 Å². The van der Waals surface area contributed by atoms with Crippen LogP contribution in [0.4, 0.5) is 0 Å². The number of H-pyrrole nitrogens is 1. The Bertz CT molecular complexity index is 416. The number of aromatic hydroxyl groups is 2. The molecule has 1 aromatic rings. The van der Waals surface area contributed by atoms with Gasteiger partial charge in [0.2, 0.25) is 5.88 Å². The lowest BCUT2D eigenvalue weighted by molar-refractivity contribution is 0.0898. The van der Waals surface area contributed by atoms with Crippen molar-refractivity contribution in [2.24, 2.45) is 11.1 Å². The zero-order valence-corrected chi connectivity index (χ0v) is 9.96. The Morgan fingerprint density at radius 3 is 2.12 bits per heavy atom. The first-order chi connectivity index (χ1) is 7.16. The van der Waals surface area contributed by atoms with Gasteiger partial charge in [-0.2, -0.15) is 0 Å². The molecule has 0 unspecified atom stereocenters. The van der Waals surface area contributed by atoms with Crippen molar-refractivity contribution in [3.05, 3.63) is 11.1 Å². The Kier molecular flexibility index (Phi) is 3.01. The van der Waals surface area contributed by atoms with Crippen LogP contribution in [0.15, 0.2) is 0 Å². The first-order valence-electron chi connectivity index (χ1n) is 5.06. The highest BCUT2D eigenvalue weighted by Gasteiger charge is 2.32. The fourth-order valence-corrected chi connectivity index (χ4v) is 1.41. The van der Waals surface area contributed by atoms with Crippen LogP contribution >= 0.6 is 0 Å². The molecule has 1 heterocycles. The van der Waals surface area contributed by atoms with E-state index < -0.39 is 11.5 Å².